The van der Waals surface area contributed by atoms with Crippen molar-refractivity contribution in [2.75, 3.05) is 11.9 Å². The summed E-state index contributed by atoms with van der Waals surface area (Å²) in [6.45, 7) is -0.0299. The Balaban J connectivity index is 1.64. The number of hydrogen-bond donors (Lipinski definition) is 3. The number of ether oxygens (including phenoxy) is 1. The lowest BCUT2D eigenvalue weighted by Gasteiger charge is -2.18. The maximum Gasteiger partial charge on any atom is 0.262 e. The van der Waals surface area contributed by atoms with E-state index in [1.807, 2.05) is 11.4 Å². The summed E-state index contributed by atoms with van der Waals surface area (Å²) in [6, 6.07) is 14.7. The van der Waals surface area contributed by atoms with E-state index in [0.29, 0.717) is 43.2 Å². The van der Waals surface area contributed by atoms with Gasteiger partial charge in [-0.05, 0) is 48.5 Å². The van der Waals surface area contributed by atoms with Crippen LogP contribution in [0, 0.1) is 0 Å². The van der Waals surface area contributed by atoms with Gasteiger partial charge in [0.25, 0.3) is 5.91 Å². The molecule has 4 aromatic rings. The summed E-state index contributed by atoms with van der Waals surface area (Å²) < 4.78 is 7.06. The molecule has 11 heteroatoms. The molecule has 0 aliphatic carbocycles. The summed E-state index contributed by atoms with van der Waals surface area (Å²) in [5, 5.41) is 29.8. The predicted octanol–water partition coefficient (Wildman–Crippen LogP) is 5.38. The third-order valence-corrected chi connectivity index (χ3v) is 6.60. The fourth-order valence-corrected chi connectivity index (χ4v) is 4.50. The fourth-order valence-electron chi connectivity index (χ4n) is 3.36. The van der Waals surface area contributed by atoms with Crippen LogP contribution in [-0.4, -0.2) is 33.6 Å². The highest BCUT2D eigenvalue weighted by Crippen LogP contribution is 2.33. The normalized spacial score (nSPS) is 13.5. The van der Waals surface area contributed by atoms with Gasteiger partial charge in [0.15, 0.2) is 6.61 Å². The minimum atomic E-state index is -0.232. The second kappa shape index (κ2) is 9.46. The third-order valence-electron chi connectivity index (χ3n) is 5.05. The summed E-state index contributed by atoms with van der Waals surface area (Å²) in [4.78, 5) is 17.0. The Hall–Kier alpha value is -3.79. The summed E-state index contributed by atoms with van der Waals surface area (Å²) in [5.74, 6) is 0.164. The van der Waals surface area contributed by atoms with Crippen molar-refractivity contribution in [3.8, 4) is 28.5 Å². The Morgan fingerprint density at radius 2 is 1.91 bits per heavy atom. The Labute approximate surface area is 213 Å². The van der Waals surface area contributed by atoms with E-state index in [4.69, 9.17) is 27.9 Å². The van der Waals surface area contributed by atoms with Gasteiger partial charge in [-0.3, -0.25) is 4.79 Å². The zero-order chi connectivity index (χ0) is 24.5. The summed E-state index contributed by atoms with van der Waals surface area (Å²) in [7, 11) is 0. The van der Waals surface area contributed by atoms with Gasteiger partial charge in [0.05, 0.1) is 33.3 Å². The van der Waals surface area contributed by atoms with Gasteiger partial charge < -0.3 is 20.3 Å². The van der Waals surface area contributed by atoms with Crippen LogP contribution in [0.25, 0.3) is 11.3 Å². The van der Waals surface area contributed by atoms with Crippen LogP contribution in [0.5, 0.6) is 17.2 Å². The van der Waals surface area contributed by atoms with Crippen LogP contribution in [0.15, 0.2) is 70.1 Å². The van der Waals surface area contributed by atoms with Crippen molar-refractivity contribution in [1.82, 2.24) is 4.68 Å². The van der Waals surface area contributed by atoms with Gasteiger partial charge in [0.1, 0.15) is 17.2 Å². The third kappa shape index (κ3) is 4.88. The highest BCUT2D eigenvalue weighted by Gasteiger charge is 2.18. The lowest BCUT2D eigenvalue weighted by molar-refractivity contribution is -0.118. The average Bonchev–Trinajstić information content (AvgIpc) is 3.22. The Bertz CT molecular complexity index is 1560. The second-order valence-corrected chi connectivity index (χ2v) is 9.11. The van der Waals surface area contributed by atoms with Crippen molar-refractivity contribution in [1.29, 1.82) is 0 Å². The zero-order valence-corrected chi connectivity index (χ0v) is 20.1. The van der Waals surface area contributed by atoms with Crippen molar-refractivity contribution in [3.05, 3.63) is 80.4 Å². The molecule has 1 amide bonds. The molecule has 1 aromatic heterocycles. The molecule has 3 N–H and O–H groups in total. The van der Waals surface area contributed by atoms with Crippen molar-refractivity contribution in [3.63, 3.8) is 0 Å². The van der Waals surface area contributed by atoms with Gasteiger partial charge in [0.2, 0.25) is 4.80 Å². The fraction of sp³-hybridized carbons (Fsp3) is 0.0417. The minimum Gasteiger partial charge on any atom is -0.508 e. The van der Waals surface area contributed by atoms with E-state index in [1.54, 1.807) is 41.1 Å². The molecular weight excluding hydrogens is 511 g/mol. The number of carbonyl (C=O) groups excluding carboxylic acids is 1. The first-order valence-corrected chi connectivity index (χ1v) is 11.8. The van der Waals surface area contributed by atoms with Gasteiger partial charge in [-0.2, -0.15) is 5.10 Å². The van der Waals surface area contributed by atoms with Gasteiger partial charge in [-0.1, -0.05) is 23.2 Å². The number of carbonyl (C=O) groups is 1. The number of nitrogens with one attached hydrogen (secondary N) is 1. The molecule has 5 rings (SSSR count). The Morgan fingerprint density at radius 1 is 1.06 bits per heavy atom. The molecule has 0 saturated heterocycles. The van der Waals surface area contributed by atoms with Crippen LogP contribution in [0.3, 0.4) is 0 Å². The van der Waals surface area contributed by atoms with Crippen molar-refractivity contribution >= 4 is 58.0 Å². The smallest absolute Gasteiger partial charge is 0.262 e. The molecule has 0 unspecified atom stereocenters. The van der Waals surface area contributed by atoms with Gasteiger partial charge in [-0.15, -0.1) is 11.3 Å². The minimum absolute atomic E-state index is 0.0299. The standard InChI is InChI=1S/C24H16Cl2N4O4S/c25-17-5-3-15(8-18(17)26)28-24-30(27-10-14-1-4-16(31)9-21(14)32)20(12-35-24)13-2-6-22-19(7-13)29-23(33)11-34-22/h1-10,12,31-32H,11H2,(H,29,33). The highest BCUT2D eigenvalue weighted by molar-refractivity contribution is 7.07. The number of halogens is 2. The van der Waals surface area contributed by atoms with Crippen molar-refractivity contribution in [2.45, 2.75) is 0 Å². The first kappa shape index (κ1) is 23.0. The van der Waals surface area contributed by atoms with E-state index in [-0.39, 0.29) is 24.0 Å². The number of thiazole rings is 1. The van der Waals surface area contributed by atoms with E-state index in [0.717, 1.165) is 5.56 Å². The summed E-state index contributed by atoms with van der Waals surface area (Å²) in [6.07, 6.45) is 1.46. The van der Waals surface area contributed by atoms with Gasteiger partial charge in [0, 0.05) is 22.6 Å². The number of phenolic OH excluding ortho intramolecular Hbond substituents is 2. The number of fused-ring (bicyclic) bond motifs is 1. The molecule has 0 fully saturated rings. The van der Waals surface area contributed by atoms with Crippen molar-refractivity contribution in [2.24, 2.45) is 10.1 Å². The highest BCUT2D eigenvalue weighted by atomic mass is 35.5. The molecule has 0 atom stereocenters. The first-order valence-electron chi connectivity index (χ1n) is 10.2. The van der Waals surface area contributed by atoms with E-state index in [2.05, 4.69) is 15.4 Å². The monoisotopic (exact) mass is 526 g/mol. The Morgan fingerprint density at radius 3 is 2.71 bits per heavy atom. The number of aromatic hydroxyl groups is 2. The number of amides is 1. The van der Waals surface area contributed by atoms with Crippen LogP contribution >= 0.6 is 34.5 Å². The average molecular weight is 527 g/mol. The lowest BCUT2D eigenvalue weighted by Crippen LogP contribution is -2.25. The van der Waals surface area contributed by atoms with E-state index < -0.39 is 0 Å². The van der Waals surface area contributed by atoms with Crippen LogP contribution in [0.2, 0.25) is 10.0 Å². The number of benzene rings is 3. The maximum atomic E-state index is 11.8. The van der Waals surface area contributed by atoms with Crippen molar-refractivity contribution < 1.29 is 19.7 Å². The number of nitrogens with zero attached hydrogens (tertiary/aromatic N) is 3. The molecule has 3 aromatic carbocycles. The zero-order valence-electron chi connectivity index (χ0n) is 17.8. The number of anilines is 1. The summed E-state index contributed by atoms with van der Waals surface area (Å²) in [5.41, 5.74) is 2.98. The molecule has 8 nitrogen and oxygen atoms in total. The van der Waals surface area contributed by atoms with E-state index >= 15 is 0 Å². The number of aromatic nitrogens is 1. The molecule has 1 aliphatic heterocycles. The molecule has 35 heavy (non-hydrogen) atoms. The lowest BCUT2D eigenvalue weighted by atomic mass is 10.1. The number of rotatable bonds is 4. The molecule has 1 aliphatic rings. The molecular formula is C24H16Cl2N4O4S. The largest absolute Gasteiger partial charge is 0.508 e. The van der Waals surface area contributed by atoms with Crippen LogP contribution in [0.1, 0.15) is 5.56 Å². The number of hydrogen-bond acceptors (Lipinski definition) is 7. The number of phenols is 2. The van der Waals surface area contributed by atoms with Crippen LogP contribution in [-0.2, 0) is 4.79 Å². The molecule has 0 bridgehead atoms. The Kier molecular flexibility index (Phi) is 6.21. The molecule has 0 spiro atoms. The molecule has 2 heterocycles. The quantitative estimate of drug-likeness (QED) is 0.310. The molecule has 0 radical (unpaired) electrons. The van der Waals surface area contributed by atoms with Crippen LogP contribution in [0.4, 0.5) is 11.4 Å². The maximum absolute atomic E-state index is 11.8. The SMILES string of the molecule is O=C1COc2ccc(-c3csc(=Nc4ccc(Cl)c(Cl)c4)n3N=Cc3ccc(O)cc3O)cc2N1. The topological polar surface area (TPSA) is 108 Å². The molecule has 176 valence electrons. The molecule has 0 saturated carbocycles. The van der Waals surface area contributed by atoms with E-state index in [1.165, 1.54) is 29.7 Å². The van der Waals surface area contributed by atoms with Gasteiger partial charge in [-0.25, -0.2) is 9.67 Å². The first-order chi connectivity index (χ1) is 16.9. The van der Waals surface area contributed by atoms with Gasteiger partial charge >= 0.3 is 0 Å². The summed E-state index contributed by atoms with van der Waals surface area (Å²) >= 11 is 13.5. The predicted molar refractivity (Wildman–Crippen MR) is 136 cm³/mol. The second-order valence-electron chi connectivity index (χ2n) is 7.46. The van der Waals surface area contributed by atoms with Crippen LogP contribution < -0.4 is 14.9 Å². The van der Waals surface area contributed by atoms with E-state index in [9.17, 15) is 15.0 Å².